The van der Waals surface area contributed by atoms with Gasteiger partial charge in [-0.1, -0.05) is 86.0 Å². The molecule has 0 radical (unpaired) electrons. The van der Waals surface area contributed by atoms with Crippen molar-refractivity contribution < 1.29 is 4.39 Å². The van der Waals surface area contributed by atoms with E-state index >= 15 is 0 Å². The number of benzene rings is 3. The van der Waals surface area contributed by atoms with E-state index in [1.54, 1.807) is 11.6 Å². The Kier molecular flexibility index (Phi) is 8.62. The van der Waals surface area contributed by atoms with Crippen LogP contribution in [0.2, 0.25) is 5.02 Å². The van der Waals surface area contributed by atoms with E-state index < -0.39 is 0 Å². The summed E-state index contributed by atoms with van der Waals surface area (Å²) in [7, 11) is 0. The van der Waals surface area contributed by atoms with Gasteiger partial charge in [-0.05, 0) is 103 Å². The van der Waals surface area contributed by atoms with Gasteiger partial charge in [-0.2, -0.15) is 0 Å². The number of rotatable bonds is 9. The molecule has 0 unspecified atom stereocenters. The summed E-state index contributed by atoms with van der Waals surface area (Å²) in [6.07, 6.45) is 12.9. The van der Waals surface area contributed by atoms with Crippen LogP contribution < -0.4 is 0 Å². The Bertz CT molecular complexity index is 998. The molecule has 1 saturated carbocycles. The highest BCUT2D eigenvalue weighted by Crippen LogP contribution is 2.37. The summed E-state index contributed by atoms with van der Waals surface area (Å²) in [6, 6.07) is 23.1. The average Bonchev–Trinajstić information content (AvgIpc) is 2.86. The predicted molar refractivity (Wildman–Crippen MR) is 140 cm³/mol. The molecule has 0 bridgehead atoms. The normalized spacial score (nSPS) is 18.4. The highest BCUT2D eigenvalue weighted by molar-refractivity contribution is 6.30. The fourth-order valence-corrected chi connectivity index (χ4v) is 5.35. The van der Waals surface area contributed by atoms with Gasteiger partial charge in [0.15, 0.2) is 0 Å². The molecular weight excluding hydrogens is 427 g/mol. The summed E-state index contributed by atoms with van der Waals surface area (Å²) in [5.41, 5.74) is 6.31. The minimum absolute atomic E-state index is 0.171. The van der Waals surface area contributed by atoms with Crippen molar-refractivity contribution in [3.63, 3.8) is 0 Å². The molecule has 0 N–H and O–H groups in total. The fraction of sp³-hybridized carbons (Fsp3) is 0.419. The van der Waals surface area contributed by atoms with Crippen LogP contribution in [-0.4, -0.2) is 0 Å². The highest BCUT2D eigenvalue weighted by Gasteiger charge is 2.22. The minimum atomic E-state index is -0.364. The fourth-order valence-electron chi connectivity index (χ4n) is 5.23. The Hall–Kier alpha value is -2.12. The predicted octanol–water partition coefficient (Wildman–Crippen LogP) is 9.79. The Morgan fingerprint density at radius 3 is 2.06 bits per heavy atom. The van der Waals surface area contributed by atoms with E-state index in [-0.39, 0.29) is 10.8 Å². The molecule has 0 heterocycles. The molecular formula is C31H36ClF. The zero-order valence-electron chi connectivity index (χ0n) is 19.8. The van der Waals surface area contributed by atoms with Crippen molar-refractivity contribution in [2.75, 3.05) is 0 Å². The second kappa shape index (κ2) is 11.8. The largest absolute Gasteiger partial charge is 0.205 e. The molecule has 0 nitrogen and oxygen atoms in total. The molecule has 0 saturated heterocycles. The summed E-state index contributed by atoms with van der Waals surface area (Å²) in [6.45, 7) is 2.27. The van der Waals surface area contributed by atoms with Gasteiger partial charge in [0, 0.05) is 0 Å². The number of halogens is 2. The summed E-state index contributed by atoms with van der Waals surface area (Å²) in [5.74, 6) is 1.21. The molecule has 0 aromatic heterocycles. The van der Waals surface area contributed by atoms with Crippen LogP contribution in [-0.2, 0) is 12.8 Å². The zero-order chi connectivity index (χ0) is 23.0. The van der Waals surface area contributed by atoms with E-state index in [1.165, 1.54) is 75.0 Å². The minimum Gasteiger partial charge on any atom is -0.205 e. The van der Waals surface area contributed by atoms with E-state index in [2.05, 4.69) is 55.5 Å². The van der Waals surface area contributed by atoms with Crippen molar-refractivity contribution >= 4 is 11.6 Å². The van der Waals surface area contributed by atoms with Gasteiger partial charge in [-0.3, -0.25) is 0 Å². The first-order valence-electron chi connectivity index (χ1n) is 12.8. The van der Waals surface area contributed by atoms with Gasteiger partial charge in [0.1, 0.15) is 5.82 Å². The second-order valence-corrected chi connectivity index (χ2v) is 10.2. The van der Waals surface area contributed by atoms with Gasteiger partial charge in [-0.15, -0.1) is 0 Å². The molecule has 2 heteroatoms. The van der Waals surface area contributed by atoms with Gasteiger partial charge < -0.3 is 0 Å². The lowest BCUT2D eigenvalue weighted by Crippen LogP contribution is -2.14. The van der Waals surface area contributed by atoms with Crippen molar-refractivity contribution in [2.45, 2.75) is 77.0 Å². The van der Waals surface area contributed by atoms with Crippen molar-refractivity contribution in [1.29, 1.82) is 0 Å². The van der Waals surface area contributed by atoms with E-state index in [0.717, 1.165) is 29.4 Å². The number of unbranched alkanes of at least 4 members (excludes halogenated alkanes) is 2. The molecule has 33 heavy (non-hydrogen) atoms. The Morgan fingerprint density at radius 1 is 0.758 bits per heavy atom. The molecule has 0 aliphatic heterocycles. The second-order valence-electron chi connectivity index (χ2n) is 9.78. The monoisotopic (exact) mass is 462 g/mol. The topological polar surface area (TPSA) is 0 Å². The maximum atomic E-state index is 13.7. The summed E-state index contributed by atoms with van der Waals surface area (Å²) in [5, 5.41) is 0.171. The lowest BCUT2D eigenvalue weighted by Gasteiger charge is -2.29. The van der Waals surface area contributed by atoms with Crippen LogP contribution in [0.15, 0.2) is 66.7 Å². The molecule has 3 aromatic carbocycles. The summed E-state index contributed by atoms with van der Waals surface area (Å²) >= 11 is 5.80. The zero-order valence-corrected chi connectivity index (χ0v) is 20.6. The van der Waals surface area contributed by atoms with Crippen molar-refractivity contribution in [2.24, 2.45) is 5.92 Å². The third-order valence-corrected chi connectivity index (χ3v) is 7.72. The maximum absolute atomic E-state index is 13.7. The first-order valence-corrected chi connectivity index (χ1v) is 13.1. The Morgan fingerprint density at radius 2 is 1.39 bits per heavy atom. The van der Waals surface area contributed by atoms with Gasteiger partial charge >= 0.3 is 0 Å². The standard InChI is InChI=1S/C31H36ClF/c1-2-3-4-5-23-8-14-26(15-9-23)27-16-10-24(11-17-27)6-7-25-12-18-28(19-13-25)29-20-21-30(32)31(33)22-29/h8-9,12-15,18-22,24,27H,2-7,10-11,16-17H2,1H3/t24-,27-. The van der Waals surface area contributed by atoms with Crippen LogP contribution in [0.4, 0.5) is 4.39 Å². The SMILES string of the molecule is CCCCCc1ccc([C@H]2CC[C@H](CCc3ccc(-c4ccc(Cl)c(F)c4)cc3)CC2)cc1. The quantitative estimate of drug-likeness (QED) is 0.277. The molecule has 1 aliphatic carbocycles. The van der Waals surface area contributed by atoms with Crippen LogP contribution in [0.5, 0.6) is 0 Å². The van der Waals surface area contributed by atoms with Crippen LogP contribution in [0.3, 0.4) is 0 Å². The number of aryl methyl sites for hydroxylation is 2. The maximum Gasteiger partial charge on any atom is 0.142 e. The molecule has 174 valence electrons. The lowest BCUT2D eigenvalue weighted by atomic mass is 9.76. The Labute approximate surface area is 204 Å². The third kappa shape index (κ3) is 6.70. The van der Waals surface area contributed by atoms with Gasteiger partial charge in [0.2, 0.25) is 0 Å². The molecule has 0 amide bonds. The summed E-state index contributed by atoms with van der Waals surface area (Å²) in [4.78, 5) is 0. The molecule has 3 aromatic rings. The highest BCUT2D eigenvalue weighted by atomic mass is 35.5. The van der Waals surface area contributed by atoms with Gasteiger partial charge in [0.25, 0.3) is 0 Å². The summed E-state index contributed by atoms with van der Waals surface area (Å²) < 4.78 is 13.7. The lowest BCUT2D eigenvalue weighted by molar-refractivity contribution is 0.310. The molecule has 4 rings (SSSR count). The van der Waals surface area contributed by atoms with Crippen molar-refractivity contribution in [1.82, 2.24) is 0 Å². The van der Waals surface area contributed by atoms with E-state index in [1.807, 2.05) is 6.07 Å². The van der Waals surface area contributed by atoms with Crippen LogP contribution >= 0.6 is 11.6 Å². The van der Waals surface area contributed by atoms with Crippen molar-refractivity contribution in [3.8, 4) is 11.1 Å². The first-order chi connectivity index (χ1) is 16.1. The number of hydrogen-bond donors (Lipinski definition) is 0. The van der Waals surface area contributed by atoms with Crippen LogP contribution in [0.25, 0.3) is 11.1 Å². The van der Waals surface area contributed by atoms with Gasteiger partial charge in [0.05, 0.1) is 5.02 Å². The molecule has 0 spiro atoms. The molecule has 0 atom stereocenters. The third-order valence-electron chi connectivity index (χ3n) is 7.42. The number of hydrogen-bond acceptors (Lipinski definition) is 0. The van der Waals surface area contributed by atoms with Crippen LogP contribution in [0, 0.1) is 11.7 Å². The molecule has 1 fully saturated rings. The van der Waals surface area contributed by atoms with E-state index in [4.69, 9.17) is 11.6 Å². The first kappa shape index (κ1) is 24.0. The van der Waals surface area contributed by atoms with E-state index in [0.29, 0.717) is 0 Å². The van der Waals surface area contributed by atoms with Gasteiger partial charge in [-0.25, -0.2) is 4.39 Å². The van der Waals surface area contributed by atoms with E-state index in [9.17, 15) is 4.39 Å². The van der Waals surface area contributed by atoms with Crippen LogP contribution in [0.1, 0.15) is 80.9 Å². The smallest absolute Gasteiger partial charge is 0.142 e. The molecule has 1 aliphatic rings. The average molecular weight is 463 g/mol. The van der Waals surface area contributed by atoms with Crippen molar-refractivity contribution in [3.05, 3.63) is 94.3 Å². The Balaban J connectivity index is 1.23.